The first-order valence-corrected chi connectivity index (χ1v) is 10.6. The number of aryl methyl sites for hydroxylation is 1. The topological polar surface area (TPSA) is 75.7 Å². The molecule has 0 aliphatic heterocycles. The van der Waals surface area contributed by atoms with Gasteiger partial charge in [-0.25, -0.2) is 17.2 Å². The lowest BCUT2D eigenvalue weighted by atomic mass is 10.2. The third kappa shape index (κ3) is 5.00. The molecule has 0 bridgehead atoms. The van der Waals surface area contributed by atoms with Crippen LogP contribution in [0.15, 0.2) is 71.6 Å². The summed E-state index contributed by atoms with van der Waals surface area (Å²) >= 11 is 0. The molecule has 9 heteroatoms. The Labute approximate surface area is 179 Å². The van der Waals surface area contributed by atoms with Crippen LogP contribution >= 0.6 is 0 Å². The first kappa shape index (κ1) is 22.2. The smallest absolute Gasteiger partial charge is 0.268 e. The number of nitrogens with zero attached hydrogens (tertiary/aromatic N) is 1. The lowest BCUT2D eigenvalue weighted by Gasteiger charge is -2.25. The lowest BCUT2D eigenvalue weighted by Crippen LogP contribution is -2.38. The summed E-state index contributed by atoms with van der Waals surface area (Å²) in [4.78, 5) is 12.5. The molecule has 0 heterocycles. The van der Waals surface area contributed by atoms with Gasteiger partial charge in [0.25, 0.3) is 10.0 Å². The summed E-state index contributed by atoms with van der Waals surface area (Å²) in [6.45, 7) is 1.06. The molecular formula is C22H20F2N2O4S. The second-order valence-electron chi connectivity index (χ2n) is 6.67. The van der Waals surface area contributed by atoms with Crippen molar-refractivity contribution in [2.75, 3.05) is 23.3 Å². The fourth-order valence-electron chi connectivity index (χ4n) is 2.93. The van der Waals surface area contributed by atoms with E-state index in [1.54, 1.807) is 31.2 Å². The van der Waals surface area contributed by atoms with Crippen molar-refractivity contribution in [3.8, 4) is 5.75 Å². The number of halogens is 2. The Kier molecular flexibility index (Phi) is 6.55. The van der Waals surface area contributed by atoms with Gasteiger partial charge in [-0.3, -0.25) is 9.10 Å². The van der Waals surface area contributed by atoms with Gasteiger partial charge in [0.05, 0.1) is 18.5 Å². The average Bonchev–Trinajstić information content (AvgIpc) is 2.75. The molecule has 0 atom stereocenters. The fourth-order valence-corrected chi connectivity index (χ4v) is 4.59. The molecule has 0 fully saturated rings. The van der Waals surface area contributed by atoms with Gasteiger partial charge in [0.1, 0.15) is 28.8 Å². The van der Waals surface area contributed by atoms with Gasteiger partial charge < -0.3 is 10.1 Å². The van der Waals surface area contributed by atoms with E-state index in [9.17, 15) is 22.0 Å². The summed E-state index contributed by atoms with van der Waals surface area (Å²) in [5, 5.41) is 2.22. The fraction of sp³-hybridized carbons (Fsp3) is 0.136. The Balaban J connectivity index is 2.01. The number of rotatable bonds is 7. The summed E-state index contributed by atoms with van der Waals surface area (Å²) in [6.07, 6.45) is 0. The van der Waals surface area contributed by atoms with Gasteiger partial charge in [0.2, 0.25) is 5.91 Å². The molecule has 0 aromatic heterocycles. The van der Waals surface area contributed by atoms with Crippen LogP contribution in [-0.4, -0.2) is 28.0 Å². The molecule has 3 rings (SSSR count). The van der Waals surface area contributed by atoms with E-state index >= 15 is 0 Å². The zero-order chi connectivity index (χ0) is 22.6. The number of methoxy groups -OCH3 is 1. The van der Waals surface area contributed by atoms with E-state index in [4.69, 9.17) is 4.74 Å². The zero-order valence-corrected chi connectivity index (χ0v) is 17.6. The molecular weight excluding hydrogens is 426 g/mol. The van der Waals surface area contributed by atoms with Crippen molar-refractivity contribution in [2.24, 2.45) is 0 Å². The molecule has 0 radical (unpaired) electrons. The number of ether oxygens (including phenoxy) is 1. The van der Waals surface area contributed by atoms with Crippen LogP contribution in [0.25, 0.3) is 0 Å². The van der Waals surface area contributed by atoms with Crippen LogP contribution in [0.3, 0.4) is 0 Å². The van der Waals surface area contributed by atoms with E-state index < -0.39 is 34.1 Å². The highest BCUT2D eigenvalue weighted by Gasteiger charge is 2.30. The predicted molar refractivity (Wildman–Crippen MR) is 114 cm³/mol. The summed E-state index contributed by atoms with van der Waals surface area (Å²) in [6, 6.07) is 15.2. The molecule has 162 valence electrons. The summed E-state index contributed by atoms with van der Waals surface area (Å²) in [7, 11) is -2.90. The minimum Gasteiger partial charge on any atom is -0.495 e. The number of sulfonamides is 1. The molecule has 6 nitrogen and oxygen atoms in total. The van der Waals surface area contributed by atoms with E-state index in [0.29, 0.717) is 5.56 Å². The van der Waals surface area contributed by atoms with Crippen LogP contribution < -0.4 is 14.4 Å². The van der Waals surface area contributed by atoms with E-state index in [1.807, 2.05) is 0 Å². The van der Waals surface area contributed by atoms with Crippen LogP contribution in [0, 0.1) is 18.6 Å². The van der Waals surface area contributed by atoms with Crippen molar-refractivity contribution in [3.63, 3.8) is 0 Å². The van der Waals surface area contributed by atoms with Gasteiger partial charge in [0, 0.05) is 6.07 Å². The Bertz CT molecular complexity index is 1200. The number of carbonyl (C=O) groups is 1. The van der Waals surface area contributed by atoms with Crippen LogP contribution in [-0.2, 0) is 14.8 Å². The minimum absolute atomic E-state index is 0.114. The predicted octanol–water partition coefficient (Wildman–Crippen LogP) is 4.12. The van der Waals surface area contributed by atoms with E-state index in [0.717, 1.165) is 22.5 Å². The molecule has 1 amide bonds. The Morgan fingerprint density at radius 2 is 1.74 bits per heavy atom. The van der Waals surface area contributed by atoms with Crippen molar-refractivity contribution in [1.29, 1.82) is 0 Å². The number of para-hydroxylation sites is 1. The molecule has 3 aromatic carbocycles. The van der Waals surface area contributed by atoms with Crippen LogP contribution in [0.4, 0.5) is 20.2 Å². The number of benzene rings is 3. The standard InChI is InChI=1S/C22H20F2N2O4S/c1-15-8-11-20(30-2)21(12-15)31(28,29)26(17-6-4-3-5-7-17)14-22(27)25-19-13-16(23)9-10-18(19)24/h3-13H,14H2,1-2H3,(H,25,27). The quantitative estimate of drug-likeness (QED) is 0.593. The highest BCUT2D eigenvalue weighted by Crippen LogP contribution is 2.31. The highest BCUT2D eigenvalue weighted by atomic mass is 32.2. The Morgan fingerprint density at radius 3 is 2.42 bits per heavy atom. The molecule has 3 aromatic rings. The molecule has 0 unspecified atom stereocenters. The van der Waals surface area contributed by atoms with Gasteiger partial charge in [-0.15, -0.1) is 0 Å². The van der Waals surface area contributed by atoms with E-state index in [2.05, 4.69) is 5.32 Å². The molecule has 0 saturated carbocycles. The molecule has 0 aliphatic rings. The summed E-state index contributed by atoms with van der Waals surface area (Å²) < 4.78 is 60.4. The van der Waals surface area contributed by atoms with Gasteiger partial charge in [0.15, 0.2) is 0 Å². The lowest BCUT2D eigenvalue weighted by molar-refractivity contribution is -0.114. The number of anilines is 2. The zero-order valence-electron chi connectivity index (χ0n) is 16.8. The summed E-state index contributed by atoms with van der Waals surface area (Å²) in [5.41, 5.74) is 0.517. The van der Waals surface area contributed by atoms with E-state index in [1.165, 1.54) is 31.4 Å². The third-order valence-electron chi connectivity index (χ3n) is 4.42. The number of carbonyl (C=O) groups excluding carboxylic acids is 1. The Hall–Kier alpha value is -3.46. The second-order valence-corrected chi connectivity index (χ2v) is 8.50. The monoisotopic (exact) mass is 446 g/mol. The number of amides is 1. The van der Waals surface area contributed by atoms with E-state index in [-0.39, 0.29) is 22.0 Å². The average molecular weight is 446 g/mol. The van der Waals surface area contributed by atoms with Gasteiger partial charge in [-0.05, 0) is 48.9 Å². The molecule has 0 aliphatic carbocycles. The first-order valence-electron chi connectivity index (χ1n) is 9.19. The van der Waals surface area contributed by atoms with Crippen molar-refractivity contribution in [1.82, 2.24) is 0 Å². The minimum atomic E-state index is -4.25. The number of hydrogen-bond acceptors (Lipinski definition) is 4. The van der Waals surface area contributed by atoms with Crippen molar-refractivity contribution >= 4 is 27.3 Å². The largest absolute Gasteiger partial charge is 0.495 e. The maximum absolute atomic E-state index is 13.9. The van der Waals surface area contributed by atoms with Crippen LogP contribution in [0.5, 0.6) is 5.75 Å². The molecule has 1 N–H and O–H groups in total. The van der Waals surface area contributed by atoms with Crippen molar-refractivity contribution < 1.29 is 26.7 Å². The number of nitrogens with one attached hydrogen (secondary N) is 1. The maximum atomic E-state index is 13.9. The maximum Gasteiger partial charge on any atom is 0.268 e. The second kappa shape index (κ2) is 9.13. The normalized spacial score (nSPS) is 11.1. The van der Waals surface area contributed by atoms with Gasteiger partial charge in [-0.2, -0.15) is 0 Å². The SMILES string of the molecule is COc1ccc(C)cc1S(=O)(=O)N(CC(=O)Nc1cc(F)ccc1F)c1ccccc1. The number of hydrogen-bond donors (Lipinski definition) is 1. The van der Waals surface area contributed by atoms with Gasteiger partial charge in [-0.1, -0.05) is 24.3 Å². The van der Waals surface area contributed by atoms with Crippen molar-refractivity contribution in [3.05, 3.63) is 83.9 Å². The molecule has 0 spiro atoms. The molecule has 31 heavy (non-hydrogen) atoms. The van der Waals surface area contributed by atoms with Crippen LogP contribution in [0.1, 0.15) is 5.56 Å². The van der Waals surface area contributed by atoms with Gasteiger partial charge >= 0.3 is 0 Å². The Morgan fingerprint density at radius 1 is 1.03 bits per heavy atom. The van der Waals surface area contributed by atoms with Crippen LogP contribution in [0.2, 0.25) is 0 Å². The highest BCUT2D eigenvalue weighted by molar-refractivity contribution is 7.93. The van der Waals surface area contributed by atoms with Crippen molar-refractivity contribution in [2.45, 2.75) is 11.8 Å². The summed E-state index contributed by atoms with van der Waals surface area (Å²) in [5.74, 6) is -2.32. The molecule has 0 saturated heterocycles. The third-order valence-corrected chi connectivity index (χ3v) is 6.22. The first-order chi connectivity index (χ1) is 14.7.